The molecule has 5 aromatic rings. The fraction of sp³-hybridized carbons (Fsp3) is 0.293. The van der Waals surface area contributed by atoms with Crippen LogP contribution in [0.25, 0.3) is 11.0 Å². The number of hydrogen-bond acceptors (Lipinski definition) is 10. The Balaban J connectivity index is 1.02. The molecule has 2 aromatic heterocycles. The van der Waals surface area contributed by atoms with Gasteiger partial charge in [0.05, 0.1) is 42.9 Å². The Bertz CT molecular complexity index is 2100. The number of para-hydroxylation sites is 2. The highest BCUT2D eigenvalue weighted by molar-refractivity contribution is 5.96. The van der Waals surface area contributed by atoms with Crippen molar-refractivity contribution in [3.8, 4) is 0 Å². The van der Waals surface area contributed by atoms with Crippen molar-refractivity contribution in [1.29, 1.82) is 0 Å². The Morgan fingerprint density at radius 1 is 0.982 bits per heavy atom. The molecule has 0 saturated heterocycles. The number of hydrazone groups is 1. The van der Waals surface area contributed by atoms with Crippen LogP contribution in [0.5, 0.6) is 0 Å². The quantitative estimate of drug-likeness (QED) is 0.0450. The predicted molar refractivity (Wildman–Crippen MR) is 210 cm³/mol. The van der Waals surface area contributed by atoms with Crippen LogP contribution in [0, 0.1) is 0 Å². The summed E-state index contributed by atoms with van der Waals surface area (Å²) in [4.78, 5) is 67.4. The number of benzene rings is 3. The van der Waals surface area contributed by atoms with Crippen molar-refractivity contribution in [2.45, 2.75) is 51.2 Å². The van der Waals surface area contributed by atoms with E-state index in [2.05, 4.69) is 31.1 Å². The van der Waals surface area contributed by atoms with Gasteiger partial charge in [0.2, 0.25) is 5.91 Å². The van der Waals surface area contributed by atoms with Crippen molar-refractivity contribution < 1.29 is 23.9 Å². The summed E-state index contributed by atoms with van der Waals surface area (Å²) in [5, 5.41) is 10.3. The zero-order chi connectivity index (χ0) is 38.6. The van der Waals surface area contributed by atoms with Gasteiger partial charge in [-0.1, -0.05) is 55.3 Å². The van der Waals surface area contributed by atoms with E-state index in [1.54, 1.807) is 47.3 Å². The number of hydrogen-bond donors (Lipinski definition) is 4. The third-order valence-corrected chi connectivity index (χ3v) is 9.29. The Labute approximate surface area is 319 Å². The van der Waals surface area contributed by atoms with Crippen LogP contribution in [0.3, 0.4) is 0 Å². The number of esters is 1. The van der Waals surface area contributed by atoms with Crippen LogP contribution in [0.1, 0.15) is 69.8 Å². The number of carbonyl (C=O) groups excluding carboxylic acids is 4. The number of anilines is 2. The number of nitrogens with one attached hydrogen (secondary N) is 4. The predicted octanol–water partition coefficient (Wildman–Crippen LogP) is 5.35. The minimum Gasteiger partial charge on any atom is -0.469 e. The first kappa shape index (κ1) is 38.2. The van der Waals surface area contributed by atoms with Gasteiger partial charge in [-0.25, -0.2) is 9.97 Å². The second-order valence-electron chi connectivity index (χ2n) is 13.4. The zero-order valence-electron chi connectivity index (χ0n) is 31.0. The van der Waals surface area contributed by atoms with Crippen molar-refractivity contribution in [1.82, 2.24) is 30.1 Å². The first-order valence-electron chi connectivity index (χ1n) is 18.3. The van der Waals surface area contributed by atoms with Gasteiger partial charge in [0.25, 0.3) is 11.8 Å². The topological polar surface area (TPSA) is 174 Å². The number of aromatic amines is 1. The van der Waals surface area contributed by atoms with E-state index < -0.39 is 12.0 Å². The minimum atomic E-state index is -0.768. The normalized spacial score (nSPS) is 13.9. The smallest absolute Gasteiger partial charge is 0.308 e. The van der Waals surface area contributed by atoms with Crippen molar-refractivity contribution in [3.63, 3.8) is 0 Å². The van der Waals surface area contributed by atoms with Crippen LogP contribution >= 0.6 is 0 Å². The third kappa shape index (κ3) is 10.3. The molecule has 0 aliphatic carbocycles. The van der Waals surface area contributed by atoms with E-state index in [0.29, 0.717) is 48.1 Å². The van der Waals surface area contributed by atoms with E-state index >= 15 is 0 Å². The molecule has 14 nitrogen and oxygen atoms in total. The van der Waals surface area contributed by atoms with Gasteiger partial charge in [0, 0.05) is 44.1 Å². The molecule has 1 aliphatic rings. The third-order valence-electron chi connectivity index (χ3n) is 9.29. The molecule has 1 aliphatic heterocycles. The summed E-state index contributed by atoms with van der Waals surface area (Å²) < 4.78 is 4.79. The molecule has 0 unspecified atom stereocenters. The van der Waals surface area contributed by atoms with Crippen LogP contribution in [0.4, 0.5) is 11.5 Å². The van der Waals surface area contributed by atoms with E-state index in [0.717, 1.165) is 47.8 Å². The van der Waals surface area contributed by atoms with Gasteiger partial charge in [-0.15, -0.1) is 0 Å². The van der Waals surface area contributed by atoms with E-state index in [1.807, 2.05) is 60.7 Å². The zero-order valence-corrected chi connectivity index (χ0v) is 31.0. The number of nitrogens with zero attached hydrogens (tertiary/aromatic N) is 5. The van der Waals surface area contributed by atoms with Crippen molar-refractivity contribution in [2.24, 2.45) is 5.10 Å². The minimum absolute atomic E-state index is 0.104. The molecular formula is C41H45N9O5. The Hall–Kier alpha value is -6.57. The Morgan fingerprint density at radius 3 is 2.55 bits per heavy atom. The van der Waals surface area contributed by atoms with Crippen molar-refractivity contribution in [3.05, 3.63) is 119 Å². The van der Waals surface area contributed by atoms with E-state index in [9.17, 15) is 19.2 Å². The van der Waals surface area contributed by atoms with E-state index in [4.69, 9.17) is 9.72 Å². The van der Waals surface area contributed by atoms with E-state index in [1.165, 1.54) is 13.3 Å². The molecule has 4 N–H and O–H groups in total. The second kappa shape index (κ2) is 18.5. The fourth-order valence-electron chi connectivity index (χ4n) is 6.32. The molecule has 55 heavy (non-hydrogen) atoms. The summed E-state index contributed by atoms with van der Waals surface area (Å²) in [6, 6.07) is 25.4. The molecule has 0 radical (unpaired) electrons. The number of aromatic nitrogens is 3. The monoisotopic (exact) mass is 743 g/mol. The van der Waals surface area contributed by atoms with Gasteiger partial charge in [0.15, 0.2) is 0 Å². The number of imidazole rings is 1. The maximum Gasteiger partial charge on any atom is 0.308 e. The van der Waals surface area contributed by atoms with Gasteiger partial charge in [-0.05, 0) is 66.4 Å². The molecule has 3 heterocycles. The highest BCUT2D eigenvalue weighted by Crippen LogP contribution is 2.26. The summed E-state index contributed by atoms with van der Waals surface area (Å²) in [6.45, 7) is 1.59. The average molecular weight is 744 g/mol. The van der Waals surface area contributed by atoms with Gasteiger partial charge >= 0.3 is 5.97 Å². The lowest BCUT2D eigenvalue weighted by Gasteiger charge is -2.23. The first-order valence-corrected chi connectivity index (χ1v) is 18.3. The molecule has 284 valence electrons. The highest BCUT2D eigenvalue weighted by Gasteiger charge is 2.30. The summed E-state index contributed by atoms with van der Waals surface area (Å²) in [5.41, 5.74) is 7.97. The summed E-state index contributed by atoms with van der Waals surface area (Å²) in [7, 11) is 2.97. The second-order valence-corrected chi connectivity index (χ2v) is 13.4. The van der Waals surface area contributed by atoms with E-state index in [-0.39, 0.29) is 30.7 Å². The lowest BCUT2D eigenvalue weighted by molar-refractivity contribution is -0.143. The molecule has 6 rings (SSSR count). The van der Waals surface area contributed by atoms with Crippen molar-refractivity contribution in [2.75, 3.05) is 38.0 Å². The number of methoxy groups -OCH3 is 1. The van der Waals surface area contributed by atoms with Crippen LogP contribution < -0.4 is 16.1 Å². The molecule has 3 aromatic carbocycles. The standard InChI is InChI=1S/C41H45N9O5/c1-49-26-31-22-29(16-18-32(31)45-35(41(49)54)23-38(51)55-2)40(53)50(27-37-46-33-14-8-9-15-34(33)47-37)21-11-4-3-10-20-42-39(52)30-17-19-36(43-25-30)48-44-24-28-12-6-5-7-13-28/h5-9,12-19,22,24-25,35,45H,3-4,10-11,20-21,23,26-27H2,1-2H3,(H,42,52)(H,43,48)(H,46,47)/b44-24+/t35-/m0/s1. The number of unbranched alkanes of at least 4 members (excludes halogenated alkanes) is 3. The molecule has 0 bridgehead atoms. The largest absolute Gasteiger partial charge is 0.469 e. The van der Waals surface area contributed by atoms with Gasteiger partial charge < -0.3 is 30.2 Å². The molecule has 1 atom stereocenters. The van der Waals surface area contributed by atoms with Gasteiger partial charge in [-0.3, -0.25) is 24.6 Å². The number of pyridine rings is 1. The molecular weight excluding hydrogens is 699 g/mol. The van der Waals surface area contributed by atoms with Crippen LogP contribution in [-0.4, -0.2) is 87.9 Å². The fourth-order valence-corrected chi connectivity index (χ4v) is 6.32. The Morgan fingerprint density at radius 2 is 1.76 bits per heavy atom. The number of likely N-dealkylation sites (N-methyl/N-ethyl adjacent to an activating group) is 1. The lowest BCUT2D eigenvalue weighted by Crippen LogP contribution is -2.39. The maximum absolute atomic E-state index is 14.1. The molecule has 0 fully saturated rings. The Kier molecular flexibility index (Phi) is 12.8. The van der Waals surface area contributed by atoms with Gasteiger partial charge in [-0.2, -0.15) is 5.10 Å². The van der Waals surface area contributed by atoms with Crippen molar-refractivity contribution >= 4 is 52.4 Å². The number of fused-ring (bicyclic) bond motifs is 2. The SMILES string of the molecule is COC(=O)C[C@@H]1Nc2ccc(C(=O)N(CCCCCCNC(=O)c3ccc(N/N=C/c4ccccc4)nc3)Cc3nc4ccccc4[nH]3)cc2CN(C)C1=O. The van der Waals surface area contributed by atoms with Crippen LogP contribution in [0.15, 0.2) is 96.2 Å². The number of carbonyl (C=O) groups is 4. The number of amides is 3. The average Bonchev–Trinajstić information content (AvgIpc) is 3.58. The molecule has 0 saturated carbocycles. The molecule has 3 amide bonds. The first-order chi connectivity index (χ1) is 26.8. The summed E-state index contributed by atoms with van der Waals surface area (Å²) in [6.07, 6.45) is 6.37. The number of rotatable bonds is 16. The highest BCUT2D eigenvalue weighted by atomic mass is 16.5. The summed E-state index contributed by atoms with van der Waals surface area (Å²) in [5.74, 6) is 0.148. The maximum atomic E-state index is 14.1. The van der Waals surface area contributed by atoms with Gasteiger partial charge in [0.1, 0.15) is 17.7 Å². The van der Waals surface area contributed by atoms with Crippen LogP contribution in [-0.2, 0) is 27.4 Å². The number of ether oxygens (including phenoxy) is 1. The molecule has 14 heteroatoms. The van der Waals surface area contributed by atoms with Crippen LogP contribution in [0.2, 0.25) is 0 Å². The number of H-pyrrole nitrogens is 1. The molecule has 0 spiro atoms. The lowest BCUT2D eigenvalue weighted by atomic mass is 10.1. The summed E-state index contributed by atoms with van der Waals surface area (Å²) >= 11 is 0.